The van der Waals surface area contributed by atoms with Crippen molar-refractivity contribution in [3.63, 3.8) is 0 Å². The van der Waals surface area contributed by atoms with Crippen molar-refractivity contribution in [2.24, 2.45) is 5.10 Å². The summed E-state index contributed by atoms with van der Waals surface area (Å²) in [5.74, 6) is -0.151. The zero-order chi connectivity index (χ0) is 32.0. The van der Waals surface area contributed by atoms with Gasteiger partial charge in [-0.3, -0.25) is 9.78 Å². The molecule has 13 heteroatoms. The Hall–Kier alpha value is -4.81. The Morgan fingerprint density at radius 2 is 1.78 bits per heavy atom. The summed E-state index contributed by atoms with van der Waals surface area (Å²) in [4.78, 5) is 44.0. The molecule has 2 aliphatic heterocycles. The molecule has 0 spiro atoms. The number of alkyl carbamates (subject to hydrolysis) is 1. The summed E-state index contributed by atoms with van der Waals surface area (Å²) in [6.07, 6.45) is 6.72. The van der Waals surface area contributed by atoms with Crippen LogP contribution in [-0.4, -0.2) is 67.5 Å². The molecule has 2 N–H and O–H groups in total. The molecular weight excluding hydrogens is 576 g/mol. The lowest BCUT2D eigenvalue weighted by Gasteiger charge is -2.28. The molecule has 0 saturated carbocycles. The molecule has 238 valence electrons. The number of hydrogen-bond acceptors (Lipinski definition) is 9. The van der Waals surface area contributed by atoms with Crippen LogP contribution in [0, 0.1) is 6.92 Å². The number of hydrazone groups is 1. The van der Waals surface area contributed by atoms with Crippen LogP contribution < -0.4 is 10.6 Å². The van der Waals surface area contributed by atoms with Crippen molar-refractivity contribution in [2.75, 3.05) is 18.4 Å². The fourth-order valence-electron chi connectivity index (χ4n) is 5.23. The third-order valence-electron chi connectivity index (χ3n) is 7.48. The van der Waals surface area contributed by atoms with Crippen LogP contribution in [0.25, 0.3) is 0 Å². The molecule has 1 unspecified atom stereocenters. The third kappa shape index (κ3) is 8.43. The van der Waals surface area contributed by atoms with E-state index in [-0.39, 0.29) is 17.8 Å². The van der Waals surface area contributed by atoms with Gasteiger partial charge in [-0.05, 0) is 68.5 Å². The van der Waals surface area contributed by atoms with Gasteiger partial charge in [0, 0.05) is 57.6 Å². The highest BCUT2D eigenvalue weighted by Crippen LogP contribution is 2.29. The summed E-state index contributed by atoms with van der Waals surface area (Å²) in [7, 11) is 0. The summed E-state index contributed by atoms with van der Waals surface area (Å²) in [5, 5.41) is 20.0. The first-order chi connectivity index (χ1) is 21.6. The largest absolute Gasteiger partial charge is 0.444 e. The number of nitrogens with one attached hydrogen (secondary N) is 2. The number of ether oxygens (including phenoxy) is 1. The average Bonchev–Trinajstić information content (AvgIpc) is 3.63. The molecule has 1 aromatic carbocycles. The summed E-state index contributed by atoms with van der Waals surface area (Å²) in [6, 6.07) is 9.19. The minimum Gasteiger partial charge on any atom is -0.444 e. The van der Waals surface area contributed by atoms with Gasteiger partial charge in [-0.25, -0.2) is 14.6 Å². The number of aromatic nitrogens is 3. The molecule has 1 atom stereocenters. The number of urea groups is 1. The number of pyridine rings is 1. The van der Waals surface area contributed by atoms with Gasteiger partial charge in [0.05, 0.1) is 5.71 Å². The van der Waals surface area contributed by atoms with Crippen LogP contribution in [0.3, 0.4) is 0 Å². The van der Waals surface area contributed by atoms with E-state index in [0.717, 1.165) is 48.1 Å². The number of amides is 4. The fraction of sp³-hybridized carbons (Fsp3) is 0.469. The molecule has 5 rings (SSSR count). The van der Waals surface area contributed by atoms with Gasteiger partial charge in [-0.2, -0.15) is 5.10 Å². The second-order valence-corrected chi connectivity index (χ2v) is 12.3. The average molecular weight is 617 g/mol. The molecule has 3 aromatic rings. The zero-order valence-corrected chi connectivity index (χ0v) is 26.2. The van der Waals surface area contributed by atoms with Crippen LogP contribution >= 0.6 is 0 Å². The van der Waals surface area contributed by atoms with E-state index in [1.54, 1.807) is 24.2 Å². The standard InChI is InChI=1S/C32H40N8O5/c1-21-36-37-28(44-21)26-17-27(38-40(29(26)41)16-8-6-5-7-14-34-31(43)45-32(2,3)4)22-9-11-25(12-10-22)35-30(42)39-19-23-13-15-33-18-24(23)20-39/h9-13,15,18,26H,5-8,14,16-17,19-20H2,1-4H3,(H,34,43)(H,35,42). The van der Waals surface area contributed by atoms with E-state index < -0.39 is 17.6 Å². The van der Waals surface area contributed by atoms with E-state index in [9.17, 15) is 14.4 Å². The molecule has 2 aliphatic rings. The predicted molar refractivity (Wildman–Crippen MR) is 166 cm³/mol. The van der Waals surface area contributed by atoms with Crippen LogP contribution in [0.4, 0.5) is 15.3 Å². The van der Waals surface area contributed by atoms with Crippen molar-refractivity contribution in [3.05, 3.63) is 71.2 Å². The minimum absolute atomic E-state index is 0.181. The van der Waals surface area contributed by atoms with Crippen LogP contribution in [0.2, 0.25) is 0 Å². The van der Waals surface area contributed by atoms with E-state index in [1.807, 2.05) is 51.1 Å². The summed E-state index contributed by atoms with van der Waals surface area (Å²) in [6.45, 7) is 9.21. The fourth-order valence-corrected chi connectivity index (χ4v) is 5.23. The maximum atomic E-state index is 13.4. The number of rotatable bonds is 10. The Labute approximate surface area is 262 Å². The molecular formula is C32H40N8O5. The molecule has 0 radical (unpaired) electrons. The Morgan fingerprint density at radius 1 is 1.02 bits per heavy atom. The first kappa shape index (κ1) is 31.6. The molecule has 0 fully saturated rings. The molecule has 45 heavy (non-hydrogen) atoms. The number of aryl methyl sites for hydroxylation is 1. The summed E-state index contributed by atoms with van der Waals surface area (Å²) < 4.78 is 10.9. The molecule has 0 bridgehead atoms. The second-order valence-electron chi connectivity index (χ2n) is 12.3. The quantitative estimate of drug-likeness (QED) is 0.297. The Bertz CT molecular complexity index is 1520. The molecule has 0 aliphatic carbocycles. The summed E-state index contributed by atoms with van der Waals surface area (Å²) >= 11 is 0. The zero-order valence-electron chi connectivity index (χ0n) is 26.2. The first-order valence-corrected chi connectivity index (χ1v) is 15.3. The van der Waals surface area contributed by atoms with Gasteiger partial charge in [0.1, 0.15) is 11.5 Å². The van der Waals surface area contributed by atoms with E-state index in [2.05, 4.69) is 25.8 Å². The molecule has 4 heterocycles. The number of carbonyl (C=O) groups excluding carboxylic acids is 3. The van der Waals surface area contributed by atoms with Crippen molar-refractivity contribution in [3.8, 4) is 0 Å². The maximum absolute atomic E-state index is 13.4. The maximum Gasteiger partial charge on any atom is 0.407 e. The lowest BCUT2D eigenvalue weighted by atomic mass is 9.94. The first-order valence-electron chi connectivity index (χ1n) is 15.3. The lowest BCUT2D eigenvalue weighted by molar-refractivity contribution is -0.134. The number of unbranched alkanes of at least 4 members (excludes halogenated alkanes) is 3. The highest BCUT2D eigenvalue weighted by molar-refractivity contribution is 6.06. The number of fused-ring (bicyclic) bond motifs is 1. The molecule has 13 nitrogen and oxygen atoms in total. The normalized spacial score (nSPS) is 16.3. The Balaban J connectivity index is 1.17. The van der Waals surface area contributed by atoms with Crippen molar-refractivity contribution >= 4 is 29.4 Å². The summed E-state index contributed by atoms with van der Waals surface area (Å²) in [5.41, 5.74) is 3.84. The van der Waals surface area contributed by atoms with Crippen molar-refractivity contribution in [2.45, 2.75) is 84.4 Å². The Morgan fingerprint density at radius 3 is 2.49 bits per heavy atom. The van der Waals surface area contributed by atoms with E-state index in [0.29, 0.717) is 44.2 Å². The Kier molecular flexibility index (Phi) is 9.74. The molecule has 0 saturated heterocycles. The number of benzene rings is 1. The van der Waals surface area contributed by atoms with Gasteiger partial charge in [0.25, 0.3) is 5.91 Å². The van der Waals surface area contributed by atoms with Crippen molar-refractivity contribution in [1.82, 2.24) is 30.4 Å². The van der Waals surface area contributed by atoms with E-state index in [1.165, 1.54) is 5.01 Å². The number of hydrogen-bond donors (Lipinski definition) is 2. The SMILES string of the molecule is Cc1nnc(C2CC(c3ccc(NC(=O)N4Cc5ccncc5C4)cc3)=NN(CCCCCCNC(=O)OC(C)(C)C)C2=O)o1. The number of anilines is 1. The van der Waals surface area contributed by atoms with Crippen LogP contribution in [0.15, 0.2) is 52.2 Å². The highest BCUT2D eigenvalue weighted by Gasteiger charge is 2.36. The molecule has 2 aromatic heterocycles. The van der Waals surface area contributed by atoms with Gasteiger partial charge >= 0.3 is 12.1 Å². The highest BCUT2D eigenvalue weighted by atomic mass is 16.6. The monoisotopic (exact) mass is 616 g/mol. The van der Waals surface area contributed by atoms with E-state index in [4.69, 9.17) is 14.3 Å². The lowest BCUT2D eigenvalue weighted by Crippen LogP contribution is -2.38. The van der Waals surface area contributed by atoms with Crippen molar-refractivity contribution in [1.29, 1.82) is 0 Å². The third-order valence-corrected chi connectivity index (χ3v) is 7.48. The van der Waals surface area contributed by atoms with Gasteiger partial charge in [0.2, 0.25) is 11.8 Å². The van der Waals surface area contributed by atoms with Crippen molar-refractivity contribution < 1.29 is 23.5 Å². The van der Waals surface area contributed by atoms with Crippen LogP contribution in [0.1, 0.15) is 87.3 Å². The van der Waals surface area contributed by atoms with Crippen LogP contribution in [0.5, 0.6) is 0 Å². The topological polar surface area (TPSA) is 155 Å². The number of carbonyl (C=O) groups is 3. The second kappa shape index (κ2) is 13.9. The smallest absolute Gasteiger partial charge is 0.407 e. The van der Waals surface area contributed by atoms with Gasteiger partial charge in [0.15, 0.2) is 0 Å². The van der Waals surface area contributed by atoms with Gasteiger partial charge in [-0.1, -0.05) is 25.0 Å². The van der Waals surface area contributed by atoms with Crippen LogP contribution in [-0.2, 0) is 22.6 Å². The predicted octanol–water partition coefficient (Wildman–Crippen LogP) is 5.13. The molecule has 4 amide bonds. The number of nitrogens with zero attached hydrogens (tertiary/aromatic N) is 6. The van der Waals surface area contributed by atoms with Gasteiger partial charge < -0.3 is 24.7 Å². The minimum atomic E-state index is -0.637. The van der Waals surface area contributed by atoms with Gasteiger partial charge in [-0.15, -0.1) is 10.2 Å². The van der Waals surface area contributed by atoms with E-state index >= 15 is 0 Å².